The first-order chi connectivity index (χ1) is 16.2. The Kier molecular flexibility index (Phi) is 6.65. The molecule has 0 atom stereocenters. The lowest BCUT2D eigenvalue weighted by Gasteiger charge is -2.10. The van der Waals surface area contributed by atoms with Gasteiger partial charge in [0.25, 0.3) is 0 Å². The molecule has 0 bridgehead atoms. The number of hydrogen-bond donors (Lipinski definition) is 0. The zero-order valence-corrected chi connectivity index (χ0v) is 19.2. The number of rotatable bonds is 5. The molecule has 0 saturated carbocycles. The van der Waals surface area contributed by atoms with Gasteiger partial charge in [0.05, 0.1) is 17.1 Å². The van der Waals surface area contributed by atoms with E-state index in [0.29, 0.717) is 0 Å². The molecule has 0 saturated heterocycles. The number of benzene rings is 3. The van der Waals surface area contributed by atoms with Gasteiger partial charge in [-0.15, -0.1) is 0 Å². The molecule has 0 amide bonds. The van der Waals surface area contributed by atoms with E-state index < -0.39 is 0 Å². The highest BCUT2D eigenvalue weighted by Gasteiger charge is 2.12. The van der Waals surface area contributed by atoms with Crippen LogP contribution in [0.1, 0.15) is 25.1 Å². The predicted molar refractivity (Wildman–Crippen MR) is 137 cm³/mol. The fourth-order valence-electron chi connectivity index (χ4n) is 3.49. The van der Waals surface area contributed by atoms with E-state index in [-0.39, 0.29) is 0 Å². The minimum absolute atomic E-state index is 0.784. The Morgan fingerprint density at radius 1 is 0.788 bits per heavy atom. The molecule has 3 aromatic carbocycles. The van der Waals surface area contributed by atoms with Crippen LogP contribution in [0.25, 0.3) is 34.2 Å². The van der Waals surface area contributed by atoms with Crippen LogP contribution >= 0.6 is 0 Å². The molecule has 2 aromatic heterocycles. The molecule has 5 aromatic rings. The SMILES string of the molecule is C=Cc1cc2nc(-c3ccc(C)cc3)cc(-c3ccc(Oc4ccccc4)cc3)n2n1.CC. The minimum Gasteiger partial charge on any atom is -0.457 e. The van der Waals surface area contributed by atoms with E-state index in [1.54, 1.807) is 6.08 Å². The van der Waals surface area contributed by atoms with E-state index >= 15 is 0 Å². The van der Waals surface area contributed by atoms with Crippen molar-refractivity contribution < 1.29 is 4.74 Å². The van der Waals surface area contributed by atoms with Crippen LogP contribution in [0.3, 0.4) is 0 Å². The standard InChI is InChI=1S/C27H21N3O.C2H6/c1-3-22-17-27-28-25(20-11-9-19(2)10-12-20)18-26(30(27)29-22)21-13-15-24(16-14-21)31-23-7-5-4-6-8-23;1-2/h3-18H,1H2,2H3;1-2H3. The van der Waals surface area contributed by atoms with Crippen molar-refractivity contribution in [3.05, 3.63) is 109 Å². The van der Waals surface area contributed by atoms with Gasteiger partial charge in [-0.3, -0.25) is 0 Å². The van der Waals surface area contributed by atoms with E-state index in [9.17, 15) is 0 Å². The molecule has 0 unspecified atom stereocenters. The number of para-hydroxylation sites is 1. The Balaban J connectivity index is 0.00000126. The zero-order valence-electron chi connectivity index (χ0n) is 19.2. The second kappa shape index (κ2) is 9.96. The van der Waals surface area contributed by atoms with E-state index in [0.717, 1.165) is 45.4 Å². The van der Waals surface area contributed by atoms with Crippen molar-refractivity contribution >= 4 is 11.7 Å². The minimum atomic E-state index is 0.784. The first-order valence-corrected chi connectivity index (χ1v) is 11.1. The molecule has 0 aliphatic heterocycles. The number of fused-ring (bicyclic) bond motifs is 1. The molecule has 0 N–H and O–H groups in total. The topological polar surface area (TPSA) is 39.4 Å². The average molecular weight is 434 g/mol. The number of hydrogen-bond acceptors (Lipinski definition) is 3. The van der Waals surface area contributed by atoms with Gasteiger partial charge in [-0.2, -0.15) is 5.10 Å². The van der Waals surface area contributed by atoms with Gasteiger partial charge in [0.2, 0.25) is 0 Å². The highest BCUT2D eigenvalue weighted by Crippen LogP contribution is 2.29. The van der Waals surface area contributed by atoms with Gasteiger partial charge in [0.1, 0.15) is 11.5 Å². The molecule has 164 valence electrons. The Hall–Kier alpha value is -4.18. The van der Waals surface area contributed by atoms with E-state index in [1.807, 2.05) is 79.0 Å². The molecule has 0 fully saturated rings. The van der Waals surface area contributed by atoms with Crippen molar-refractivity contribution in [2.75, 3.05) is 0 Å². The van der Waals surface area contributed by atoms with Crippen LogP contribution in [0.4, 0.5) is 0 Å². The lowest BCUT2D eigenvalue weighted by Crippen LogP contribution is -1.98. The quantitative estimate of drug-likeness (QED) is 0.283. The molecular formula is C29H27N3O. The number of aromatic nitrogens is 3. The summed E-state index contributed by atoms with van der Waals surface area (Å²) in [6, 6.07) is 30.2. The van der Waals surface area contributed by atoms with E-state index in [4.69, 9.17) is 9.72 Å². The summed E-state index contributed by atoms with van der Waals surface area (Å²) >= 11 is 0. The van der Waals surface area contributed by atoms with Crippen molar-refractivity contribution in [1.29, 1.82) is 0 Å². The summed E-state index contributed by atoms with van der Waals surface area (Å²) in [5.41, 5.74) is 6.76. The van der Waals surface area contributed by atoms with Crippen molar-refractivity contribution in [2.45, 2.75) is 20.8 Å². The highest BCUT2D eigenvalue weighted by atomic mass is 16.5. The third-order valence-corrected chi connectivity index (χ3v) is 5.13. The Bertz CT molecular complexity index is 1350. The summed E-state index contributed by atoms with van der Waals surface area (Å²) < 4.78 is 7.80. The molecule has 0 radical (unpaired) electrons. The maximum absolute atomic E-state index is 5.93. The second-order valence-electron chi connectivity index (χ2n) is 7.38. The van der Waals surface area contributed by atoms with Crippen LogP contribution in [0, 0.1) is 6.92 Å². The normalized spacial score (nSPS) is 10.4. The van der Waals surface area contributed by atoms with Gasteiger partial charge in [-0.1, -0.05) is 68.5 Å². The molecular weight excluding hydrogens is 406 g/mol. The van der Waals surface area contributed by atoms with Crippen LogP contribution in [0.2, 0.25) is 0 Å². The number of nitrogens with zero attached hydrogens (tertiary/aromatic N) is 3. The number of ether oxygens (including phenoxy) is 1. The third-order valence-electron chi connectivity index (χ3n) is 5.13. The molecule has 4 heteroatoms. The van der Waals surface area contributed by atoms with Crippen molar-refractivity contribution in [3.8, 4) is 34.0 Å². The highest BCUT2D eigenvalue weighted by molar-refractivity contribution is 5.72. The van der Waals surface area contributed by atoms with Gasteiger partial charge < -0.3 is 4.74 Å². The van der Waals surface area contributed by atoms with E-state index in [1.165, 1.54) is 5.56 Å². The van der Waals surface area contributed by atoms with Gasteiger partial charge in [-0.05, 0) is 55.5 Å². The first kappa shape index (κ1) is 22.0. The Labute approximate surface area is 194 Å². The summed E-state index contributed by atoms with van der Waals surface area (Å²) in [7, 11) is 0. The Morgan fingerprint density at radius 3 is 2.09 bits per heavy atom. The zero-order chi connectivity index (χ0) is 23.2. The molecule has 0 aliphatic rings. The van der Waals surface area contributed by atoms with Gasteiger partial charge in [0.15, 0.2) is 5.65 Å². The summed E-state index contributed by atoms with van der Waals surface area (Å²) in [6.07, 6.45) is 1.74. The Morgan fingerprint density at radius 2 is 1.42 bits per heavy atom. The maximum Gasteiger partial charge on any atom is 0.156 e. The van der Waals surface area contributed by atoms with Gasteiger partial charge >= 0.3 is 0 Å². The predicted octanol–water partition coefficient (Wildman–Crippen LogP) is 7.83. The van der Waals surface area contributed by atoms with Crippen LogP contribution in [-0.4, -0.2) is 14.6 Å². The summed E-state index contributed by atoms with van der Waals surface area (Å²) in [5.74, 6) is 1.59. The largest absolute Gasteiger partial charge is 0.457 e. The second-order valence-corrected chi connectivity index (χ2v) is 7.38. The van der Waals surface area contributed by atoms with Crippen molar-refractivity contribution in [3.63, 3.8) is 0 Å². The lowest BCUT2D eigenvalue weighted by molar-refractivity contribution is 0.483. The van der Waals surface area contributed by atoms with Crippen LogP contribution < -0.4 is 4.74 Å². The van der Waals surface area contributed by atoms with Crippen LogP contribution in [-0.2, 0) is 0 Å². The summed E-state index contributed by atoms with van der Waals surface area (Å²) in [5, 5.41) is 4.65. The molecule has 0 spiro atoms. The lowest BCUT2D eigenvalue weighted by atomic mass is 10.1. The third kappa shape index (κ3) is 4.85. The van der Waals surface area contributed by atoms with Crippen molar-refractivity contribution in [2.24, 2.45) is 0 Å². The molecule has 5 rings (SSSR count). The maximum atomic E-state index is 5.93. The summed E-state index contributed by atoms with van der Waals surface area (Å²) in [4.78, 5) is 4.83. The van der Waals surface area contributed by atoms with Crippen molar-refractivity contribution in [1.82, 2.24) is 14.6 Å². The summed E-state index contributed by atoms with van der Waals surface area (Å²) in [6.45, 7) is 9.93. The molecule has 0 aliphatic carbocycles. The van der Waals surface area contributed by atoms with Gasteiger partial charge in [0, 0.05) is 17.2 Å². The fraction of sp³-hybridized carbons (Fsp3) is 0.103. The monoisotopic (exact) mass is 433 g/mol. The van der Waals surface area contributed by atoms with Gasteiger partial charge in [-0.25, -0.2) is 9.50 Å². The smallest absolute Gasteiger partial charge is 0.156 e. The van der Waals surface area contributed by atoms with Crippen LogP contribution in [0.5, 0.6) is 11.5 Å². The molecule has 4 nitrogen and oxygen atoms in total. The first-order valence-electron chi connectivity index (χ1n) is 11.1. The molecule has 2 heterocycles. The van der Waals surface area contributed by atoms with E-state index in [2.05, 4.69) is 48.9 Å². The molecule has 33 heavy (non-hydrogen) atoms. The number of aryl methyl sites for hydroxylation is 1. The average Bonchev–Trinajstić information content (AvgIpc) is 3.30. The van der Waals surface area contributed by atoms with Crippen LogP contribution in [0.15, 0.2) is 97.6 Å². The fourth-order valence-corrected chi connectivity index (χ4v) is 3.49.